The Labute approximate surface area is 237 Å². The molecule has 3 aromatic rings. The van der Waals surface area contributed by atoms with E-state index in [4.69, 9.17) is 19.1 Å². The summed E-state index contributed by atoms with van der Waals surface area (Å²) in [6.07, 6.45) is 4.14. The molecule has 3 aromatic carbocycles. The zero-order valence-electron chi connectivity index (χ0n) is 23.9. The molecule has 0 aromatic heterocycles. The minimum absolute atomic E-state index is 0.0775. The van der Waals surface area contributed by atoms with Crippen LogP contribution in [-0.4, -0.2) is 37.8 Å². The molecule has 2 aliphatic rings. The van der Waals surface area contributed by atoms with Gasteiger partial charge in [0.15, 0.2) is 5.84 Å². The van der Waals surface area contributed by atoms with Crippen LogP contribution in [0.3, 0.4) is 0 Å². The molecule has 1 amide bonds. The first-order valence-corrected chi connectivity index (χ1v) is 16.4. The quantitative estimate of drug-likeness (QED) is 0.229. The number of carbonyl (C=O) groups is 1. The van der Waals surface area contributed by atoms with Crippen molar-refractivity contribution in [3.8, 4) is 11.5 Å². The number of ether oxygens (including phenoxy) is 1. The second-order valence-electron chi connectivity index (χ2n) is 11.5. The molecule has 0 bridgehead atoms. The van der Waals surface area contributed by atoms with Crippen molar-refractivity contribution in [1.82, 2.24) is 4.90 Å². The first kappa shape index (κ1) is 27.3. The largest absolute Gasteiger partial charge is 0.543 e. The lowest BCUT2D eigenvalue weighted by molar-refractivity contribution is -0.120. The third kappa shape index (κ3) is 5.70. The normalized spacial score (nSPS) is 16.4. The Bertz CT molecular complexity index is 1550. The van der Waals surface area contributed by atoms with E-state index in [-0.39, 0.29) is 10.9 Å². The molecule has 0 fully saturated rings. The number of methoxy groups -OCH3 is 1. The molecule has 5 rings (SSSR count). The van der Waals surface area contributed by atoms with Gasteiger partial charge in [-0.15, -0.1) is 0 Å². The van der Waals surface area contributed by atoms with Crippen molar-refractivity contribution >= 4 is 37.5 Å². The molecule has 0 radical (unpaired) electrons. The number of amidine groups is 1. The minimum atomic E-state index is -2.02. The predicted molar refractivity (Wildman–Crippen MR) is 165 cm³/mol. The topological polar surface area (TPSA) is 63.5 Å². The predicted octanol–water partition coefficient (Wildman–Crippen LogP) is 7.36. The van der Waals surface area contributed by atoms with E-state index in [2.05, 4.69) is 46.0 Å². The Morgan fingerprint density at radius 2 is 1.62 bits per heavy atom. The molecule has 2 aliphatic heterocycles. The molecule has 0 saturated carbocycles. The molecule has 40 heavy (non-hydrogen) atoms. The lowest BCUT2D eigenvalue weighted by Crippen LogP contribution is -2.43. The summed E-state index contributed by atoms with van der Waals surface area (Å²) < 4.78 is 11.8. The SMILES string of the molecule is COc1ccc(/C=C2/N=C3C(Cc4ccccc4)=NC(c4cccc(O[Si](C)(C)C(C)(C)C)c4)=CN3C2=O)cc1. The Hall–Kier alpha value is -4.23. The molecule has 0 unspecified atom stereocenters. The molecule has 7 heteroatoms. The van der Waals surface area contributed by atoms with Gasteiger partial charge in [-0.1, -0.05) is 75.4 Å². The van der Waals surface area contributed by atoms with Crippen LogP contribution in [0.25, 0.3) is 11.8 Å². The van der Waals surface area contributed by atoms with Crippen molar-refractivity contribution in [2.24, 2.45) is 9.98 Å². The van der Waals surface area contributed by atoms with Gasteiger partial charge >= 0.3 is 0 Å². The summed E-state index contributed by atoms with van der Waals surface area (Å²) in [5, 5.41) is 0.0775. The van der Waals surface area contributed by atoms with Crippen LogP contribution in [0.2, 0.25) is 18.1 Å². The van der Waals surface area contributed by atoms with E-state index < -0.39 is 8.32 Å². The lowest BCUT2D eigenvalue weighted by atomic mass is 10.0. The fraction of sp³-hybridized carbons (Fsp3) is 0.242. The van der Waals surface area contributed by atoms with Crippen molar-refractivity contribution < 1.29 is 14.0 Å². The van der Waals surface area contributed by atoms with Crippen LogP contribution in [-0.2, 0) is 11.2 Å². The van der Waals surface area contributed by atoms with Crippen molar-refractivity contribution in [1.29, 1.82) is 0 Å². The average Bonchev–Trinajstić information content (AvgIpc) is 3.24. The number of amides is 1. The molecule has 0 spiro atoms. The number of fused-ring (bicyclic) bond motifs is 1. The summed E-state index contributed by atoms with van der Waals surface area (Å²) in [4.78, 5) is 25.0. The lowest BCUT2D eigenvalue weighted by Gasteiger charge is -2.36. The summed E-state index contributed by atoms with van der Waals surface area (Å²) in [6.45, 7) is 11.1. The molecule has 0 aliphatic carbocycles. The van der Waals surface area contributed by atoms with Crippen LogP contribution in [0.1, 0.15) is 37.5 Å². The summed E-state index contributed by atoms with van der Waals surface area (Å²) in [5.41, 5.74) is 4.67. The molecule has 6 nitrogen and oxygen atoms in total. The van der Waals surface area contributed by atoms with Crippen molar-refractivity contribution in [3.63, 3.8) is 0 Å². The Morgan fingerprint density at radius 3 is 2.30 bits per heavy atom. The Balaban J connectivity index is 1.52. The third-order valence-electron chi connectivity index (χ3n) is 7.60. The maximum atomic E-state index is 13.6. The van der Waals surface area contributed by atoms with Gasteiger partial charge in [0.2, 0.25) is 8.32 Å². The molecule has 0 saturated heterocycles. The molecular weight excluding hydrogens is 514 g/mol. The zero-order chi connectivity index (χ0) is 28.5. The maximum absolute atomic E-state index is 13.6. The monoisotopic (exact) mass is 549 g/mol. The number of hydrogen-bond acceptors (Lipinski definition) is 5. The number of benzene rings is 3. The molecule has 2 heterocycles. The van der Waals surface area contributed by atoms with Gasteiger partial charge in [-0.2, -0.15) is 0 Å². The van der Waals surface area contributed by atoms with Gasteiger partial charge in [-0.3, -0.25) is 9.69 Å². The van der Waals surface area contributed by atoms with Gasteiger partial charge in [0.25, 0.3) is 5.91 Å². The highest BCUT2D eigenvalue weighted by Gasteiger charge is 2.39. The number of rotatable bonds is 7. The summed E-state index contributed by atoms with van der Waals surface area (Å²) in [7, 11) is -0.392. The van der Waals surface area contributed by atoms with Crippen LogP contribution in [0.5, 0.6) is 11.5 Å². The summed E-state index contributed by atoms with van der Waals surface area (Å²) in [5.74, 6) is 1.95. The second kappa shape index (κ2) is 10.7. The maximum Gasteiger partial charge on any atom is 0.282 e. The van der Waals surface area contributed by atoms with Gasteiger partial charge in [0.1, 0.15) is 17.2 Å². The number of hydrogen-bond donors (Lipinski definition) is 0. The Kier molecular flexibility index (Phi) is 7.34. The van der Waals surface area contributed by atoms with Crippen LogP contribution < -0.4 is 9.16 Å². The number of aliphatic imine (C=N–C) groups is 2. The fourth-order valence-electron chi connectivity index (χ4n) is 4.27. The summed E-state index contributed by atoms with van der Waals surface area (Å²) in [6, 6.07) is 25.7. The Morgan fingerprint density at radius 1 is 0.900 bits per heavy atom. The second-order valence-corrected chi connectivity index (χ2v) is 16.3. The van der Waals surface area contributed by atoms with E-state index in [1.54, 1.807) is 24.3 Å². The highest BCUT2D eigenvalue weighted by Crippen LogP contribution is 2.38. The van der Waals surface area contributed by atoms with Gasteiger partial charge < -0.3 is 9.16 Å². The van der Waals surface area contributed by atoms with Gasteiger partial charge in [0, 0.05) is 18.2 Å². The van der Waals surface area contributed by atoms with Gasteiger partial charge in [-0.25, -0.2) is 9.98 Å². The van der Waals surface area contributed by atoms with Crippen LogP contribution >= 0.6 is 0 Å². The fourth-order valence-corrected chi connectivity index (χ4v) is 5.29. The highest BCUT2D eigenvalue weighted by molar-refractivity contribution is 6.74. The van der Waals surface area contributed by atoms with E-state index >= 15 is 0 Å². The first-order valence-electron chi connectivity index (χ1n) is 13.5. The molecule has 0 N–H and O–H groups in total. The van der Waals surface area contributed by atoms with Gasteiger partial charge in [0.05, 0.1) is 18.5 Å². The van der Waals surface area contributed by atoms with E-state index in [1.165, 1.54) is 0 Å². The van der Waals surface area contributed by atoms with E-state index in [0.29, 0.717) is 23.7 Å². The van der Waals surface area contributed by atoms with Crippen LogP contribution in [0, 0.1) is 0 Å². The summed E-state index contributed by atoms with van der Waals surface area (Å²) >= 11 is 0. The third-order valence-corrected chi connectivity index (χ3v) is 12.0. The molecular formula is C33H35N3O3Si. The van der Waals surface area contributed by atoms with Crippen LogP contribution in [0.4, 0.5) is 0 Å². The highest BCUT2D eigenvalue weighted by atomic mass is 28.4. The minimum Gasteiger partial charge on any atom is -0.543 e. The van der Waals surface area contributed by atoms with Crippen LogP contribution in [0.15, 0.2) is 101 Å². The van der Waals surface area contributed by atoms with E-state index in [1.807, 2.05) is 66.7 Å². The van der Waals surface area contributed by atoms with Gasteiger partial charge in [-0.05, 0) is 59.6 Å². The standard InChI is InChI=1S/C33H35N3O3Si/c1-33(2,3)40(5,6)39-27-14-10-13-25(21-27)30-22-36-31(28(34-30)19-23-11-8-7-9-12-23)35-29(32(36)37)20-24-15-17-26(38-4)18-16-24/h7-18,20-22H,19H2,1-6H3/b29-20+. The smallest absolute Gasteiger partial charge is 0.282 e. The van der Waals surface area contributed by atoms with E-state index in [0.717, 1.165) is 33.9 Å². The van der Waals surface area contributed by atoms with Crippen molar-refractivity contribution in [2.75, 3.05) is 7.11 Å². The molecule has 204 valence electrons. The zero-order valence-corrected chi connectivity index (χ0v) is 24.9. The number of carbonyl (C=O) groups excluding carboxylic acids is 1. The van der Waals surface area contributed by atoms with Crippen molar-refractivity contribution in [3.05, 3.63) is 107 Å². The average molecular weight is 550 g/mol. The van der Waals surface area contributed by atoms with E-state index in [9.17, 15) is 4.79 Å². The number of nitrogens with zero attached hydrogens (tertiary/aromatic N) is 3. The first-order chi connectivity index (χ1) is 19.0. The van der Waals surface area contributed by atoms with Crippen molar-refractivity contribution in [2.45, 2.75) is 45.3 Å². The molecule has 0 atom stereocenters.